The van der Waals surface area contributed by atoms with Gasteiger partial charge in [0, 0.05) is 15.6 Å². The first kappa shape index (κ1) is 14.0. The van der Waals surface area contributed by atoms with Crippen molar-refractivity contribution >= 4 is 33.8 Å². The van der Waals surface area contributed by atoms with Gasteiger partial charge in [0.2, 0.25) is 0 Å². The maximum atomic E-state index is 13.2. The molecule has 0 fully saturated rings. The van der Waals surface area contributed by atoms with Crippen LogP contribution < -0.4 is 4.74 Å². The van der Waals surface area contributed by atoms with E-state index in [4.69, 9.17) is 16.3 Å². The molecule has 0 spiro atoms. The zero-order valence-corrected chi connectivity index (χ0v) is 12.0. The van der Waals surface area contributed by atoms with Crippen molar-refractivity contribution in [3.8, 4) is 5.75 Å². The van der Waals surface area contributed by atoms with Crippen LogP contribution >= 0.6 is 27.5 Å². The minimum Gasteiger partial charge on any atom is -0.489 e. The summed E-state index contributed by atoms with van der Waals surface area (Å²) in [6.07, 6.45) is 0.728. The average Bonchev–Trinajstić information content (AvgIpc) is 2.42. The highest BCUT2D eigenvalue weighted by molar-refractivity contribution is 9.10. The smallest absolute Gasteiger partial charge is 0.151 e. The van der Waals surface area contributed by atoms with Gasteiger partial charge in [-0.1, -0.05) is 39.7 Å². The van der Waals surface area contributed by atoms with E-state index in [1.807, 2.05) is 0 Å². The van der Waals surface area contributed by atoms with E-state index in [-0.39, 0.29) is 11.6 Å². The van der Waals surface area contributed by atoms with Crippen LogP contribution in [0.2, 0.25) is 5.02 Å². The number of hydrogen-bond acceptors (Lipinski definition) is 2. The van der Waals surface area contributed by atoms with Crippen LogP contribution in [0.5, 0.6) is 5.75 Å². The summed E-state index contributed by atoms with van der Waals surface area (Å²) in [6, 6.07) is 9.57. The molecule has 0 heterocycles. The van der Waals surface area contributed by atoms with Crippen molar-refractivity contribution in [2.75, 3.05) is 0 Å². The second-order valence-electron chi connectivity index (χ2n) is 3.80. The van der Waals surface area contributed by atoms with Gasteiger partial charge in [-0.05, 0) is 24.3 Å². The fraction of sp³-hybridized carbons (Fsp3) is 0.0714. The number of ether oxygens (including phenoxy) is 1. The van der Waals surface area contributed by atoms with Crippen LogP contribution in [0.3, 0.4) is 0 Å². The summed E-state index contributed by atoms with van der Waals surface area (Å²) in [7, 11) is 0. The summed E-state index contributed by atoms with van der Waals surface area (Å²) in [5.74, 6) is 0.0396. The quantitative estimate of drug-likeness (QED) is 0.756. The molecule has 0 aromatic heterocycles. The molecule has 5 heteroatoms. The van der Waals surface area contributed by atoms with E-state index >= 15 is 0 Å². The molecule has 2 rings (SSSR count). The molecule has 0 saturated carbocycles. The molecular weight excluding hydrogens is 335 g/mol. The Balaban J connectivity index is 2.14. The molecule has 19 heavy (non-hydrogen) atoms. The first-order chi connectivity index (χ1) is 9.11. The van der Waals surface area contributed by atoms with Crippen LogP contribution in [-0.2, 0) is 6.61 Å². The van der Waals surface area contributed by atoms with Crippen molar-refractivity contribution in [2.45, 2.75) is 6.61 Å². The van der Waals surface area contributed by atoms with Crippen molar-refractivity contribution < 1.29 is 13.9 Å². The van der Waals surface area contributed by atoms with E-state index in [9.17, 15) is 9.18 Å². The number of aldehydes is 1. The van der Waals surface area contributed by atoms with Crippen molar-refractivity contribution in [2.24, 2.45) is 0 Å². The molecule has 2 aromatic rings. The second-order valence-corrected chi connectivity index (χ2v) is 5.04. The van der Waals surface area contributed by atoms with E-state index < -0.39 is 5.82 Å². The van der Waals surface area contributed by atoms with E-state index in [1.54, 1.807) is 30.3 Å². The van der Waals surface area contributed by atoms with Gasteiger partial charge in [-0.2, -0.15) is 0 Å². The molecule has 0 unspecified atom stereocenters. The van der Waals surface area contributed by atoms with Crippen LogP contribution in [0.25, 0.3) is 0 Å². The Morgan fingerprint density at radius 3 is 2.84 bits per heavy atom. The SMILES string of the molecule is O=Cc1cc(OCc2cccc(F)c2Cl)ccc1Br. The van der Waals surface area contributed by atoms with Gasteiger partial charge in [0.15, 0.2) is 6.29 Å². The molecule has 0 aliphatic heterocycles. The molecule has 0 aliphatic carbocycles. The third-order valence-electron chi connectivity index (χ3n) is 2.52. The fourth-order valence-corrected chi connectivity index (χ4v) is 2.04. The fourth-order valence-electron chi connectivity index (χ4n) is 1.52. The summed E-state index contributed by atoms with van der Waals surface area (Å²) in [4.78, 5) is 10.8. The molecule has 2 nitrogen and oxygen atoms in total. The Kier molecular flexibility index (Phi) is 4.56. The highest BCUT2D eigenvalue weighted by Gasteiger charge is 2.07. The van der Waals surface area contributed by atoms with Gasteiger partial charge >= 0.3 is 0 Å². The van der Waals surface area contributed by atoms with Crippen molar-refractivity contribution in [1.82, 2.24) is 0 Å². The van der Waals surface area contributed by atoms with E-state index in [0.717, 1.165) is 6.29 Å². The number of carbonyl (C=O) groups excluding carboxylic acids is 1. The summed E-state index contributed by atoms with van der Waals surface area (Å²) in [5, 5.41) is 0.0511. The first-order valence-corrected chi connectivity index (χ1v) is 6.59. The van der Waals surface area contributed by atoms with Crippen LogP contribution in [0.15, 0.2) is 40.9 Å². The third-order valence-corrected chi connectivity index (χ3v) is 3.67. The van der Waals surface area contributed by atoms with Gasteiger partial charge in [0.25, 0.3) is 0 Å². The van der Waals surface area contributed by atoms with Crippen molar-refractivity contribution in [1.29, 1.82) is 0 Å². The third kappa shape index (κ3) is 3.33. The Morgan fingerprint density at radius 2 is 2.11 bits per heavy atom. The lowest BCUT2D eigenvalue weighted by molar-refractivity contribution is 0.112. The molecule has 0 N–H and O–H groups in total. The summed E-state index contributed by atoms with van der Waals surface area (Å²) in [5.41, 5.74) is 1.04. The standard InChI is InChI=1S/C14H9BrClFO2/c15-12-5-4-11(6-10(12)7-18)19-8-9-2-1-3-13(17)14(9)16/h1-7H,8H2. The lowest BCUT2D eigenvalue weighted by atomic mass is 10.2. The molecule has 0 atom stereocenters. The maximum absolute atomic E-state index is 13.2. The zero-order chi connectivity index (χ0) is 13.8. The number of benzene rings is 2. The molecule has 0 aliphatic rings. The molecule has 0 radical (unpaired) electrons. The predicted octanol–water partition coefficient (Wildman–Crippen LogP) is 4.63. The Morgan fingerprint density at radius 1 is 1.32 bits per heavy atom. The molecular formula is C14H9BrClFO2. The highest BCUT2D eigenvalue weighted by Crippen LogP contribution is 2.24. The van der Waals surface area contributed by atoms with Crippen molar-refractivity contribution in [3.63, 3.8) is 0 Å². The zero-order valence-electron chi connectivity index (χ0n) is 9.70. The number of rotatable bonds is 4. The molecule has 0 saturated heterocycles. The molecule has 0 bridgehead atoms. The van der Waals surface area contributed by atoms with Gasteiger partial charge in [0.1, 0.15) is 18.2 Å². The van der Waals surface area contributed by atoms with Gasteiger partial charge < -0.3 is 4.74 Å². The minimum atomic E-state index is -0.479. The summed E-state index contributed by atoms with van der Waals surface area (Å²) in [6.45, 7) is 0.135. The Bertz CT molecular complexity index is 616. The van der Waals surface area contributed by atoms with Gasteiger partial charge in [-0.3, -0.25) is 4.79 Å². The number of hydrogen-bond donors (Lipinski definition) is 0. The van der Waals surface area contributed by atoms with Gasteiger partial charge in [-0.15, -0.1) is 0 Å². The lowest BCUT2D eigenvalue weighted by Gasteiger charge is -2.09. The van der Waals surface area contributed by atoms with E-state index in [1.165, 1.54) is 6.07 Å². The monoisotopic (exact) mass is 342 g/mol. The normalized spacial score (nSPS) is 10.3. The van der Waals surface area contributed by atoms with E-state index in [0.29, 0.717) is 21.3 Å². The van der Waals surface area contributed by atoms with Gasteiger partial charge in [-0.25, -0.2) is 4.39 Å². The van der Waals surface area contributed by atoms with Crippen molar-refractivity contribution in [3.05, 3.63) is 62.8 Å². The second kappa shape index (κ2) is 6.17. The molecule has 2 aromatic carbocycles. The van der Waals surface area contributed by atoms with E-state index in [2.05, 4.69) is 15.9 Å². The summed E-state index contributed by atoms with van der Waals surface area (Å²) < 4.78 is 19.4. The van der Waals surface area contributed by atoms with Crippen LogP contribution in [0.4, 0.5) is 4.39 Å². The number of halogens is 3. The highest BCUT2D eigenvalue weighted by atomic mass is 79.9. The Hall–Kier alpha value is -1.39. The first-order valence-electron chi connectivity index (χ1n) is 5.42. The number of carbonyl (C=O) groups is 1. The maximum Gasteiger partial charge on any atom is 0.151 e. The topological polar surface area (TPSA) is 26.3 Å². The van der Waals surface area contributed by atoms with Crippen LogP contribution in [0, 0.1) is 5.82 Å². The minimum absolute atomic E-state index is 0.0511. The summed E-state index contributed by atoms with van der Waals surface area (Å²) >= 11 is 9.07. The van der Waals surface area contributed by atoms with Crippen LogP contribution in [-0.4, -0.2) is 6.29 Å². The molecule has 0 amide bonds. The van der Waals surface area contributed by atoms with Crippen LogP contribution in [0.1, 0.15) is 15.9 Å². The largest absolute Gasteiger partial charge is 0.489 e. The predicted molar refractivity (Wildman–Crippen MR) is 75.3 cm³/mol. The average molecular weight is 344 g/mol. The lowest BCUT2D eigenvalue weighted by Crippen LogP contribution is -1.98. The Labute approximate surface area is 123 Å². The molecule has 98 valence electrons. The van der Waals surface area contributed by atoms with Gasteiger partial charge in [0.05, 0.1) is 5.02 Å².